The predicted molar refractivity (Wildman–Crippen MR) is 83.3 cm³/mol. The number of carbonyl (C=O) groups excluding carboxylic acids is 2. The molecule has 0 fully saturated rings. The van der Waals surface area contributed by atoms with Crippen LogP contribution in [0.3, 0.4) is 0 Å². The largest absolute Gasteiger partial charge is 0.471 e. The highest BCUT2D eigenvalue weighted by atomic mass is 19.4. The number of carbonyl (C=O) groups is 2. The van der Waals surface area contributed by atoms with Crippen molar-refractivity contribution >= 4 is 17.5 Å². The summed E-state index contributed by atoms with van der Waals surface area (Å²) in [6.07, 6.45) is -4.72. The number of nitrogens with zero attached hydrogens (tertiary/aromatic N) is 1. The quantitative estimate of drug-likeness (QED) is 0.736. The fraction of sp³-hybridized carbons (Fsp3) is 0.500. The number of nitrogens with one attached hydrogen (secondary N) is 1. The molecule has 0 spiro atoms. The van der Waals surface area contributed by atoms with Crippen molar-refractivity contribution in [3.05, 3.63) is 29.8 Å². The Morgan fingerprint density at radius 3 is 2.54 bits per heavy atom. The lowest BCUT2D eigenvalue weighted by Crippen LogP contribution is -2.40. The van der Waals surface area contributed by atoms with Crippen molar-refractivity contribution in [2.24, 2.45) is 0 Å². The second-order valence-electron chi connectivity index (χ2n) is 5.01. The molecule has 1 N–H and O–H groups in total. The highest BCUT2D eigenvalue weighted by Gasteiger charge is 2.41. The van der Waals surface area contributed by atoms with Crippen LogP contribution >= 0.6 is 0 Å². The summed E-state index contributed by atoms with van der Waals surface area (Å²) in [4.78, 5) is 23.7. The van der Waals surface area contributed by atoms with Gasteiger partial charge in [-0.25, -0.2) is 0 Å². The molecule has 0 aliphatic heterocycles. The van der Waals surface area contributed by atoms with Crippen molar-refractivity contribution in [2.45, 2.75) is 33.0 Å². The van der Waals surface area contributed by atoms with Crippen LogP contribution in [0.15, 0.2) is 24.3 Å². The van der Waals surface area contributed by atoms with Gasteiger partial charge in [-0.2, -0.15) is 13.2 Å². The molecule has 0 radical (unpaired) electrons. The smallest absolute Gasteiger partial charge is 0.381 e. The van der Waals surface area contributed by atoms with Crippen LogP contribution in [-0.2, 0) is 20.9 Å². The van der Waals surface area contributed by atoms with Crippen LogP contribution in [0.4, 0.5) is 18.9 Å². The highest BCUT2D eigenvalue weighted by molar-refractivity contribution is 5.90. The van der Waals surface area contributed by atoms with E-state index in [9.17, 15) is 22.8 Å². The van der Waals surface area contributed by atoms with Crippen LogP contribution in [0.5, 0.6) is 0 Å². The van der Waals surface area contributed by atoms with E-state index in [4.69, 9.17) is 4.74 Å². The predicted octanol–water partition coefficient (Wildman–Crippen LogP) is 2.96. The number of halogens is 3. The Bertz CT molecular complexity index is 562. The summed E-state index contributed by atoms with van der Waals surface area (Å²) in [5.74, 6) is -2.13. The lowest BCUT2D eigenvalue weighted by Gasteiger charge is -2.22. The molecular formula is C16H21F3N2O3. The molecule has 1 aromatic carbocycles. The monoisotopic (exact) mass is 346 g/mol. The van der Waals surface area contributed by atoms with E-state index in [1.807, 2.05) is 6.92 Å². The van der Waals surface area contributed by atoms with Crippen LogP contribution in [0.2, 0.25) is 0 Å². The molecule has 0 aromatic heterocycles. The summed E-state index contributed by atoms with van der Waals surface area (Å²) in [5, 5.41) is 2.65. The van der Waals surface area contributed by atoms with Crippen molar-refractivity contribution < 1.29 is 27.5 Å². The summed E-state index contributed by atoms with van der Waals surface area (Å²) in [6.45, 7) is 3.86. The molecule has 1 aromatic rings. The van der Waals surface area contributed by atoms with Crippen molar-refractivity contribution in [2.75, 3.05) is 25.1 Å². The standard InChI is InChI=1S/C16H21F3N2O3/c1-3-21(15(23)16(17,18)19)11-12-6-5-7-13(10-12)20-14(22)8-9-24-4-2/h5-7,10H,3-4,8-9,11H2,1-2H3,(H,20,22). The van der Waals surface area contributed by atoms with Crippen molar-refractivity contribution in [3.63, 3.8) is 0 Å². The minimum absolute atomic E-state index is 0.0662. The van der Waals surface area contributed by atoms with E-state index >= 15 is 0 Å². The Labute approximate surface area is 138 Å². The molecule has 0 saturated heterocycles. The molecule has 5 nitrogen and oxygen atoms in total. The van der Waals surface area contributed by atoms with Gasteiger partial charge < -0.3 is 15.0 Å². The molecule has 0 unspecified atom stereocenters. The second kappa shape index (κ2) is 9.27. The minimum atomic E-state index is -4.90. The van der Waals surface area contributed by atoms with Crippen LogP contribution in [-0.4, -0.2) is 42.6 Å². The lowest BCUT2D eigenvalue weighted by molar-refractivity contribution is -0.185. The van der Waals surface area contributed by atoms with Gasteiger partial charge in [0.2, 0.25) is 5.91 Å². The van der Waals surface area contributed by atoms with Gasteiger partial charge in [0.15, 0.2) is 0 Å². The summed E-state index contributed by atoms with van der Waals surface area (Å²) >= 11 is 0. The van der Waals surface area contributed by atoms with Crippen LogP contribution < -0.4 is 5.32 Å². The van der Waals surface area contributed by atoms with Crippen LogP contribution in [0.25, 0.3) is 0 Å². The number of hydrogen-bond donors (Lipinski definition) is 1. The van der Waals surface area contributed by atoms with Gasteiger partial charge in [-0.3, -0.25) is 9.59 Å². The molecule has 0 saturated carbocycles. The summed E-state index contributed by atoms with van der Waals surface area (Å²) < 4.78 is 42.7. The third-order valence-corrected chi connectivity index (χ3v) is 3.17. The molecule has 1 rings (SSSR count). The Morgan fingerprint density at radius 1 is 1.25 bits per heavy atom. The third kappa shape index (κ3) is 6.57. The van der Waals surface area contributed by atoms with Gasteiger partial charge in [0.05, 0.1) is 13.0 Å². The van der Waals surface area contributed by atoms with Gasteiger partial charge in [0.1, 0.15) is 0 Å². The topological polar surface area (TPSA) is 58.6 Å². The number of amides is 2. The van der Waals surface area contributed by atoms with Gasteiger partial charge >= 0.3 is 12.1 Å². The van der Waals surface area contributed by atoms with E-state index < -0.39 is 12.1 Å². The zero-order valence-corrected chi connectivity index (χ0v) is 13.7. The fourth-order valence-corrected chi connectivity index (χ4v) is 2.01. The van der Waals surface area contributed by atoms with Gasteiger partial charge in [0, 0.05) is 25.4 Å². The molecule has 0 heterocycles. The minimum Gasteiger partial charge on any atom is -0.381 e. The first-order chi connectivity index (χ1) is 11.3. The second-order valence-corrected chi connectivity index (χ2v) is 5.01. The summed E-state index contributed by atoms with van der Waals surface area (Å²) in [6, 6.07) is 6.39. The maximum absolute atomic E-state index is 12.5. The Balaban J connectivity index is 2.70. The van der Waals surface area contributed by atoms with E-state index in [1.165, 1.54) is 6.92 Å². The average molecular weight is 346 g/mol. The first-order valence-corrected chi connectivity index (χ1v) is 7.60. The fourth-order valence-electron chi connectivity index (χ4n) is 2.01. The molecule has 8 heteroatoms. The number of rotatable bonds is 8. The number of ether oxygens (including phenoxy) is 1. The normalized spacial score (nSPS) is 11.2. The number of alkyl halides is 3. The Hall–Kier alpha value is -2.09. The maximum Gasteiger partial charge on any atom is 0.471 e. The molecular weight excluding hydrogens is 325 g/mol. The van der Waals surface area contributed by atoms with E-state index in [1.54, 1.807) is 24.3 Å². The first-order valence-electron chi connectivity index (χ1n) is 7.60. The summed E-state index contributed by atoms with van der Waals surface area (Å²) in [5.41, 5.74) is 0.960. The number of benzene rings is 1. The number of hydrogen-bond acceptors (Lipinski definition) is 3. The van der Waals surface area contributed by atoms with E-state index in [-0.39, 0.29) is 25.4 Å². The molecule has 0 aliphatic carbocycles. The zero-order chi connectivity index (χ0) is 18.2. The zero-order valence-electron chi connectivity index (χ0n) is 13.7. The van der Waals surface area contributed by atoms with Crippen LogP contribution in [0, 0.1) is 0 Å². The Kier molecular flexibility index (Phi) is 7.70. The third-order valence-electron chi connectivity index (χ3n) is 3.17. The van der Waals surface area contributed by atoms with Gasteiger partial charge in [0.25, 0.3) is 0 Å². The molecule has 2 amide bonds. The SMILES string of the molecule is CCOCCC(=O)Nc1cccc(CN(CC)C(=O)C(F)(F)F)c1. The molecule has 0 aliphatic rings. The van der Waals surface area contributed by atoms with Crippen LogP contribution in [0.1, 0.15) is 25.8 Å². The molecule has 134 valence electrons. The molecule has 0 atom stereocenters. The highest BCUT2D eigenvalue weighted by Crippen LogP contribution is 2.20. The number of anilines is 1. The van der Waals surface area contributed by atoms with Gasteiger partial charge in [-0.15, -0.1) is 0 Å². The van der Waals surface area contributed by atoms with Crippen molar-refractivity contribution in [1.82, 2.24) is 4.90 Å². The van der Waals surface area contributed by atoms with Crippen molar-refractivity contribution in [3.8, 4) is 0 Å². The van der Waals surface area contributed by atoms with Crippen molar-refractivity contribution in [1.29, 1.82) is 0 Å². The first kappa shape index (κ1) is 20.0. The lowest BCUT2D eigenvalue weighted by atomic mass is 10.2. The van der Waals surface area contributed by atoms with E-state index in [0.717, 1.165) is 0 Å². The average Bonchev–Trinajstić information content (AvgIpc) is 2.51. The maximum atomic E-state index is 12.5. The molecule has 0 bridgehead atoms. The van der Waals surface area contributed by atoms with Gasteiger partial charge in [-0.05, 0) is 31.5 Å². The van der Waals surface area contributed by atoms with E-state index in [2.05, 4.69) is 5.32 Å². The van der Waals surface area contributed by atoms with Gasteiger partial charge in [-0.1, -0.05) is 12.1 Å². The Morgan fingerprint density at radius 2 is 1.96 bits per heavy atom. The molecule has 24 heavy (non-hydrogen) atoms. The van der Waals surface area contributed by atoms with E-state index in [0.29, 0.717) is 29.4 Å². The summed E-state index contributed by atoms with van der Waals surface area (Å²) in [7, 11) is 0.